The van der Waals surface area contributed by atoms with Crippen molar-refractivity contribution >= 4 is 28.7 Å². The third-order valence-corrected chi connectivity index (χ3v) is 0.243. The summed E-state index contributed by atoms with van der Waals surface area (Å²) in [5.41, 5.74) is 0. The molecule has 11 heavy (non-hydrogen) atoms. The van der Waals surface area contributed by atoms with Crippen LogP contribution in [0.3, 0.4) is 0 Å². The molecule has 1 N–H and O–H groups in total. The molecular weight excluding hydrogens is 356 g/mol. The van der Waals surface area contributed by atoms with Crippen LogP contribution in [0, 0.1) is 0 Å². The molecule has 0 rings (SSSR count). The van der Waals surface area contributed by atoms with Crippen molar-refractivity contribution in [2.24, 2.45) is 0 Å². The van der Waals surface area contributed by atoms with E-state index in [0.29, 0.717) is 0 Å². The molecule has 0 bridgehead atoms. The van der Waals surface area contributed by atoms with E-state index in [-0.39, 0.29) is 0 Å². The summed E-state index contributed by atoms with van der Waals surface area (Å²) in [7, 11) is 0. The number of carbonyl (C=O) groups is 1. The number of alkyl halides is 3. The zero-order valence-corrected chi connectivity index (χ0v) is 10.4. The molecule has 0 aliphatic rings. The summed E-state index contributed by atoms with van der Waals surface area (Å²) in [6.07, 6.45) is -5.08. The van der Waals surface area contributed by atoms with E-state index in [1.165, 1.54) is 0 Å². The topological polar surface area (TPSA) is 37.3 Å². The zero-order chi connectivity index (χ0) is 9.65. The summed E-state index contributed by atoms with van der Waals surface area (Å²) in [5.74, 6) is -2.76. The second-order valence-corrected chi connectivity index (χ2v) is 14.0. The van der Waals surface area contributed by atoms with Crippen LogP contribution in [0.1, 0.15) is 0 Å². The van der Waals surface area contributed by atoms with E-state index < -0.39 is 34.8 Å². The van der Waals surface area contributed by atoms with Crippen molar-refractivity contribution in [2.45, 2.75) is 19.6 Å². The first-order valence-electron chi connectivity index (χ1n) is 2.74. The molecule has 0 amide bonds. The number of rotatable bonds is 0. The molecule has 0 atom stereocenters. The minimum absolute atomic E-state index is 0.657. The summed E-state index contributed by atoms with van der Waals surface area (Å²) in [5, 5.41) is 7.12. The Kier molecular flexibility index (Phi) is 7.23. The third-order valence-electron chi connectivity index (χ3n) is 0.243. The van der Waals surface area contributed by atoms with Gasteiger partial charge in [-0.3, -0.25) is 0 Å². The van der Waals surface area contributed by atoms with E-state index in [1.54, 1.807) is 0 Å². The van der Waals surface area contributed by atoms with Gasteiger partial charge in [-0.2, -0.15) is 13.2 Å². The maximum atomic E-state index is 10.6. The molecule has 0 unspecified atom stereocenters. The monoisotopic (exact) mass is 367 g/mol. The number of aliphatic carboxylic acids is 1. The molecule has 0 saturated heterocycles. The molecule has 0 aliphatic carbocycles. The molecule has 0 spiro atoms. The van der Waals surface area contributed by atoms with Gasteiger partial charge in [0.15, 0.2) is 0 Å². The van der Waals surface area contributed by atoms with E-state index in [4.69, 9.17) is 9.90 Å². The number of hydrogen-bond acceptors (Lipinski definition) is 1. The van der Waals surface area contributed by atoms with Crippen LogP contribution < -0.4 is 0 Å². The normalized spacial score (nSPS) is 10.5. The Labute approximate surface area is 71.5 Å². The summed E-state index contributed by atoms with van der Waals surface area (Å²) in [6, 6.07) is 0. The van der Waals surface area contributed by atoms with Crippen LogP contribution in [0.15, 0.2) is 0 Å². The van der Waals surface area contributed by atoms with Crippen molar-refractivity contribution in [2.75, 3.05) is 0 Å². The van der Waals surface area contributed by atoms with Gasteiger partial charge in [-0.1, -0.05) is 0 Å². The molecule has 0 fully saturated rings. The minimum atomic E-state index is -5.08. The molecule has 1 radical (unpaired) electrons. The molecule has 0 aromatic heterocycles. The van der Waals surface area contributed by atoms with Crippen LogP contribution in [0.25, 0.3) is 0 Å². The Hall–Kier alpha value is 0.182. The first kappa shape index (κ1) is 13.8. The van der Waals surface area contributed by atoms with Gasteiger partial charge in [0.05, 0.1) is 0 Å². The summed E-state index contributed by atoms with van der Waals surface area (Å²) in [4.78, 5) is 8.90. The molecule has 0 aliphatic heterocycles. The van der Waals surface area contributed by atoms with Gasteiger partial charge >= 0.3 is 48.3 Å². The van der Waals surface area contributed by atoms with E-state index in [2.05, 4.69) is 13.4 Å². The standard InChI is InChI=1S/C2HF3O2.3CH3.Pb/c3-2(4,5)1(6)7;;;;/h(H,6,7);3*1H3;. The Bertz CT molecular complexity index is 119. The number of carboxylic acid groups (broad SMARTS) is 1. The predicted octanol–water partition coefficient (Wildman–Crippen LogP) is 2.00. The van der Waals surface area contributed by atoms with Gasteiger partial charge in [0.2, 0.25) is 0 Å². The fourth-order valence-corrected chi connectivity index (χ4v) is 0. The van der Waals surface area contributed by atoms with E-state index in [0.717, 1.165) is 0 Å². The molecule has 0 aromatic rings. The van der Waals surface area contributed by atoms with E-state index in [1.807, 2.05) is 0 Å². The van der Waals surface area contributed by atoms with Crippen molar-refractivity contribution in [3.63, 3.8) is 0 Å². The Morgan fingerprint density at radius 2 is 1.36 bits per heavy atom. The number of halogens is 3. The average molecular weight is 366 g/mol. The van der Waals surface area contributed by atoms with E-state index in [9.17, 15) is 13.2 Å². The first-order chi connectivity index (χ1) is 4.68. The molecule has 6 heteroatoms. The predicted molar refractivity (Wildman–Crippen MR) is 37.0 cm³/mol. The second kappa shape index (κ2) is 5.78. The number of carboxylic acids is 1. The molecular formula is C5H10F3O2Pb. The van der Waals surface area contributed by atoms with Gasteiger partial charge < -0.3 is 5.11 Å². The molecule has 2 nitrogen and oxygen atoms in total. The number of hydrogen-bond donors (Lipinski definition) is 1. The second-order valence-electron chi connectivity index (χ2n) is 2.30. The molecule has 0 heterocycles. The third kappa shape index (κ3) is 17.8. The fraction of sp³-hybridized carbons (Fsp3) is 0.800. The van der Waals surface area contributed by atoms with Crippen LogP contribution in [0.4, 0.5) is 13.2 Å². The Morgan fingerprint density at radius 3 is 1.36 bits per heavy atom. The summed E-state index contributed by atoms with van der Waals surface area (Å²) in [6.45, 7) is 0. The van der Waals surface area contributed by atoms with Gasteiger partial charge in [-0.25, -0.2) is 4.79 Å². The van der Waals surface area contributed by atoms with Gasteiger partial charge in [0, 0.05) is 0 Å². The van der Waals surface area contributed by atoms with Crippen LogP contribution in [-0.4, -0.2) is 40.0 Å². The quantitative estimate of drug-likeness (QED) is 0.666. The van der Waals surface area contributed by atoms with Crippen molar-refractivity contribution in [1.29, 1.82) is 0 Å². The molecule has 0 saturated carbocycles. The van der Waals surface area contributed by atoms with Crippen LogP contribution in [0.2, 0.25) is 13.4 Å². The summed E-state index contributed by atoms with van der Waals surface area (Å²) >= 11 is -0.657. The molecule has 67 valence electrons. The Morgan fingerprint density at radius 1 is 1.27 bits per heavy atom. The first-order valence-corrected chi connectivity index (χ1v) is 14.4. The van der Waals surface area contributed by atoms with Gasteiger partial charge in [0.25, 0.3) is 0 Å². The fourth-order valence-electron chi connectivity index (χ4n) is 0. The van der Waals surface area contributed by atoms with Crippen LogP contribution in [0.5, 0.6) is 0 Å². The van der Waals surface area contributed by atoms with Gasteiger partial charge in [-0.15, -0.1) is 0 Å². The van der Waals surface area contributed by atoms with Crippen LogP contribution >= 0.6 is 0 Å². The van der Waals surface area contributed by atoms with Crippen molar-refractivity contribution < 1.29 is 23.1 Å². The SMILES string of the molecule is O=C(O)C(F)(F)F.[CH3][Pb]([CH3])[CH3]. The van der Waals surface area contributed by atoms with Gasteiger partial charge in [0.1, 0.15) is 0 Å². The van der Waals surface area contributed by atoms with E-state index >= 15 is 0 Å². The average Bonchev–Trinajstić information content (AvgIpc) is 1.59. The Balaban J connectivity index is 0. The van der Waals surface area contributed by atoms with Crippen molar-refractivity contribution in [3.8, 4) is 0 Å². The van der Waals surface area contributed by atoms with Crippen molar-refractivity contribution in [3.05, 3.63) is 0 Å². The summed E-state index contributed by atoms with van der Waals surface area (Å²) < 4.78 is 38.9. The zero-order valence-electron chi connectivity index (χ0n) is 6.49. The van der Waals surface area contributed by atoms with Gasteiger partial charge in [-0.05, 0) is 0 Å². The van der Waals surface area contributed by atoms with Crippen molar-refractivity contribution in [1.82, 2.24) is 0 Å². The molecule has 0 aromatic carbocycles. The van der Waals surface area contributed by atoms with Crippen LogP contribution in [-0.2, 0) is 4.79 Å². The maximum absolute atomic E-state index is 10.6.